The molecule has 0 aliphatic carbocycles. The zero-order chi connectivity index (χ0) is 23.6. The summed E-state index contributed by atoms with van der Waals surface area (Å²) in [5.74, 6) is -0.0808. The van der Waals surface area contributed by atoms with Crippen LogP contribution in [-0.2, 0) is 14.3 Å². The number of amides is 2. The van der Waals surface area contributed by atoms with Gasteiger partial charge in [-0.1, -0.05) is 91.4 Å². The van der Waals surface area contributed by atoms with Crippen molar-refractivity contribution < 1.29 is 24.2 Å². The average molecular weight is 457 g/mol. The Morgan fingerprint density at radius 3 is 2.03 bits per heavy atom. The summed E-state index contributed by atoms with van der Waals surface area (Å²) in [7, 11) is 0. The number of nitrogens with one attached hydrogen (secondary N) is 2. The minimum Gasteiger partial charge on any atom is -0.450 e. The van der Waals surface area contributed by atoms with E-state index in [0.29, 0.717) is 26.1 Å². The van der Waals surface area contributed by atoms with E-state index in [1.54, 1.807) is 0 Å². The molecule has 1 fully saturated rings. The fourth-order valence-electron chi connectivity index (χ4n) is 4.00. The van der Waals surface area contributed by atoms with Crippen molar-refractivity contribution in [1.29, 1.82) is 0 Å². The van der Waals surface area contributed by atoms with Gasteiger partial charge in [-0.25, -0.2) is 4.79 Å². The van der Waals surface area contributed by atoms with Crippen LogP contribution in [0.5, 0.6) is 0 Å². The third-order valence-electron chi connectivity index (χ3n) is 5.94. The molecular formula is C25H48N2O5. The topological polar surface area (TPSA) is 96.9 Å². The Labute approximate surface area is 195 Å². The standard InChI is InChI=1S/C25H48N2O5/c1-4-5-6-7-8-9-10-11-12-13-14-15-17-32-25(30)27-22(19-20(2)3)23(28)26-21-16-18-31-24(21)29/h20-22,24,29H,4-19H2,1-3H3,(H,26,28)(H,27,30)/t21-,22?,24?/m0/s1. The molecule has 2 amide bonds. The van der Waals surface area contributed by atoms with E-state index in [1.165, 1.54) is 64.2 Å². The summed E-state index contributed by atoms with van der Waals surface area (Å²) in [5, 5.41) is 15.2. The molecule has 0 aromatic heterocycles. The van der Waals surface area contributed by atoms with Crippen molar-refractivity contribution in [3.63, 3.8) is 0 Å². The zero-order valence-electron chi connectivity index (χ0n) is 20.7. The molecular weight excluding hydrogens is 408 g/mol. The van der Waals surface area contributed by atoms with Crippen LogP contribution in [0.3, 0.4) is 0 Å². The van der Waals surface area contributed by atoms with Crippen molar-refractivity contribution in [3.8, 4) is 0 Å². The summed E-state index contributed by atoms with van der Waals surface area (Å²) in [6, 6.07) is -1.12. The van der Waals surface area contributed by atoms with E-state index < -0.39 is 24.5 Å². The normalized spacial score (nSPS) is 19.2. The Kier molecular flexibility index (Phi) is 16.3. The number of unbranched alkanes of at least 4 members (excludes halogenated alkanes) is 11. The summed E-state index contributed by atoms with van der Waals surface area (Å²) >= 11 is 0. The Bertz CT molecular complexity index is 501. The molecule has 1 aliphatic heterocycles. The maximum absolute atomic E-state index is 12.6. The molecule has 3 N–H and O–H groups in total. The van der Waals surface area contributed by atoms with Crippen molar-refractivity contribution in [3.05, 3.63) is 0 Å². The van der Waals surface area contributed by atoms with Crippen LogP contribution in [-0.4, -0.2) is 48.7 Å². The third kappa shape index (κ3) is 13.9. The number of hydrogen-bond donors (Lipinski definition) is 3. The minimum atomic E-state index is -0.989. The largest absolute Gasteiger partial charge is 0.450 e. The van der Waals surface area contributed by atoms with Crippen molar-refractivity contribution in [2.75, 3.05) is 13.2 Å². The highest BCUT2D eigenvalue weighted by atomic mass is 16.6. The molecule has 0 radical (unpaired) electrons. The lowest BCUT2D eigenvalue weighted by Gasteiger charge is -2.23. The highest BCUT2D eigenvalue weighted by Gasteiger charge is 2.31. The van der Waals surface area contributed by atoms with Gasteiger partial charge in [-0.2, -0.15) is 0 Å². The molecule has 0 aromatic rings. The molecule has 0 spiro atoms. The predicted molar refractivity (Wildman–Crippen MR) is 127 cm³/mol. The van der Waals surface area contributed by atoms with Gasteiger partial charge in [-0.3, -0.25) is 4.79 Å². The zero-order valence-corrected chi connectivity index (χ0v) is 20.7. The van der Waals surface area contributed by atoms with Gasteiger partial charge >= 0.3 is 6.09 Å². The maximum Gasteiger partial charge on any atom is 0.407 e. The van der Waals surface area contributed by atoms with Gasteiger partial charge in [-0.05, 0) is 25.2 Å². The van der Waals surface area contributed by atoms with Crippen LogP contribution in [0.2, 0.25) is 0 Å². The highest BCUT2D eigenvalue weighted by molar-refractivity contribution is 5.85. The highest BCUT2D eigenvalue weighted by Crippen LogP contribution is 2.13. The summed E-state index contributed by atoms with van der Waals surface area (Å²) in [6.07, 6.45) is 14.6. The Morgan fingerprint density at radius 1 is 0.969 bits per heavy atom. The fraction of sp³-hybridized carbons (Fsp3) is 0.920. The first-order valence-corrected chi connectivity index (χ1v) is 13.0. The van der Waals surface area contributed by atoms with E-state index in [1.807, 2.05) is 13.8 Å². The Hall–Kier alpha value is -1.34. The third-order valence-corrected chi connectivity index (χ3v) is 5.94. The van der Waals surface area contributed by atoms with Gasteiger partial charge in [0.15, 0.2) is 6.29 Å². The lowest BCUT2D eigenvalue weighted by Crippen LogP contribution is -2.52. The van der Waals surface area contributed by atoms with Gasteiger partial charge in [0.05, 0.1) is 19.3 Å². The van der Waals surface area contributed by atoms with Crippen molar-refractivity contribution in [1.82, 2.24) is 10.6 Å². The molecule has 0 bridgehead atoms. The predicted octanol–water partition coefficient (Wildman–Crippen LogP) is 5.05. The lowest BCUT2D eigenvalue weighted by molar-refractivity contribution is -0.127. The molecule has 1 saturated heterocycles. The van der Waals surface area contributed by atoms with Gasteiger partial charge < -0.3 is 25.2 Å². The number of rotatable bonds is 18. The molecule has 2 unspecified atom stereocenters. The maximum atomic E-state index is 12.6. The first-order valence-electron chi connectivity index (χ1n) is 13.0. The van der Waals surface area contributed by atoms with Crippen LogP contribution in [0.4, 0.5) is 4.79 Å². The number of carbonyl (C=O) groups is 2. The smallest absolute Gasteiger partial charge is 0.407 e. The molecule has 1 heterocycles. The number of hydrogen-bond acceptors (Lipinski definition) is 5. The molecule has 7 heteroatoms. The summed E-state index contributed by atoms with van der Waals surface area (Å²) < 4.78 is 10.4. The number of aliphatic hydroxyl groups excluding tert-OH is 1. The van der Waals surface area contributed by atoms with E-state index >= 15 is 0 Å². The van der Waals surface area contributed by atoms with Gasteiger partial charge in [-0.15, -0.1) is 0 Å². The van der Waals surface area contributed by atoms with Crippen LogP contribution in [0.15, 0.2) is 0 Å². The fourth-order valence-corrected chi connectivity index (χ4v) is 4.00. The van der Waals surface area contributed by atoms with Crippen LogP contribution in [0.25, 0.3) is 0 Å². The second-order valence-corrected chi connectivity index (χ2v) is 9.52. The monoisotopic (exact) mass is 456 g/mol. The van der Waals surface area contributed by atoms with Crippen LogP contribution < -0.4 is 10.6 Å². The summed E-state index contributed by atoms with van der Waals surface area (Å²) in [6.45, 7) is 7.02. The molecule has 0 saturated carbocycles. The van der Waals surface area contributed by atoms with E-state index in [0.717, 1.165) is 12.8 Å². The molecule has 32 heavy (non-hydrogen) atoms. The number of carbonyl (C=O) groups excluding carboxylic acids is 2. The van der Waals surface area contributed by atoms with Gasteiger partial charge in [0.2, 0.25) is 5.91 Å². The molecule has 188 valence electrons. The second kappa shape index (κ2) is 18.1. The average Bonchev–Trinajstić information content (AvgIpc) is 3.15. The van der Waals surface area contributed by atoms with Crippen LogP contribution in [0.1, 0.15) is 111 Å². The van der Waals surface area contributed by atoms with E-state index in [2.05, 4.69) is 17.6 Å². The van der Waals surface area contributed by atoms with Crippen molar-refractivity contribution in [2.24, 2.45) is 5.92 Å². The van der Waals surface area contributed by atoms with E-state index in [-0.39, 0.29) is 11.8 Å². The SMILES string of the molecule is CCCCCCCCCCCCCCOC(=O)NC(CC(C)C)C(=O)N[C@H]1CCOC1O. The number of ether oxygens (including phenoxy) is 2. The Balaban J connectivity index is 2.10. The first kappa shape index (κ1) is 28.7. The van der Waals surface area contributed by atoms with Gasteiger partial charge in [0, 0.05) is 0 Å². The molecule has 1 aliphatic rings. The molecule has 1 rings (SSSR count). The second-order valence-electron chi connectivity index (χ2n) is 9.52. The van der Waals surface area contributed by atoms with Crippen LogP contribution >= 0.6 is 0 Å². The lowest BCUT2D eigenvalue weighted by atomic mass is 10.0. The molecule has 0 aromatic carbocycles. The molecule has 7 nitrogen and oxygen atoms in total. The summed E-state index contributed by atoms with van der Waals surface area (Å²) in [5.41, 5.74) is 0. The van der Waals surface area contributed by atoms with Gasteiger partial charge in [0.25, 0.3) is 0 Å². The minimum absolute atomic E-state index is 0.229. The number of alkyl carbamates (subject to hydrolysis) is 1. The van der Waals surface area contributed by atoms with Gasteiger partial charge in [0.1, 0.15) is 6.04 Å². The quantitative estimate of drug-likeness (QED) is 0.251. The van der Waals surface area contributed by atoms with Crippen LogP contribution in [0, 0.1) is 5.92 Å². The van der Waals surface area contributed by atoms with Crippen molar-refractivity contribution in [2.45, 2.75) is 129 Å². The van der Waals surface area contributed by atoms with E-state index in [4.69, 9.17) is 9.47 Å². The molecule has 3 atom stereocenters. The van der Waals surface area contributed by atoms with E-state index in [9.17, 15) is 14.7 Å². The van der Waals surface area contributed by atoms with Crippen molar-refractivity contribution >= 4 is 12.0 Å². The number of aliphatic hydroxyl groups is 1. The Morgan fingerprint density at radius 2 is 1.53 bits per heavy atom. The summed E-state index contributed by atoms with van der Waals surface area (Å²) in [4.78, 5) is 24.7. The first-order chi connectivity index (χ1) is 15.4.